The highest BCUT2D eigenvalue weighted by molar-refractivity contribution is 8.03. The predicted octanol–water partition coefficient (Wildman–Crippen LogP) is 3.79. The molecule has 0 rings (SSSR count). The summed E-state index contributed by atoms with van der Waals surface area (Å²) in [6, 6.07) is 0. The molecule has 0 N–H and O–H groups in total. The maximum absolute atomic E-state index is 5.39. The third kappa shape index (κ3) is 8.67. The van der Waals surface area contributed by atoms with E-state index in [1.165, 1.54) is 0 Å². The zero-order valence-corrected chi connectivity index (χ0v) is 8.07. The summed E-state index contributed by atoms with van der Waals surface area (Å²) in [5.41, 5.74) is 0. The van der Waals surface area contributed by atoms with E-state index in [9.17, 15) is 0 Å². The second kappa shape index (κ2) is 3.75. The Morgan fingerprint density at radius 2 is 1.78 bits per heavy atom. The smallest absolute Gasteiger partial charge is 0.113 e. The van der Waals surface area contributed by atoms with Crippen molar-refractivity contribution in [1.82, 2.24) is 0 Å². The van der Waals surface area contributed by atoms with Gasteiger partial charge in [-0.25, -0.2) is 0 Å². The zero-order valence-electron chi connectivity index (χ0n) is 5.74. The first-order valence-corrected chi connectivity index (χ1v) is 4.24. The van der Waals surface area contributed by atoms with Crippen LogP contribution >= 0.6 is 35.0 Å². The molecule has 0 amide bonds. The van der Waals surface area contributed by atoms with Crippen LogP contribution in [0.5, 0.6) is 0 Å². The van der Waals surface area contributed by atoms with E-state index >= 15 is 0 Å². The van der Waals surface area contributed by atoms with Gasteiger partial charge in [0, 0.05) is 10.2 Å². The van der Waals surface area contributed by atoms with Crippen molar-refractivity contribution in [2.75, 3.05) is 0 Å². The Morgan fingerprint density at radius 1 is 1.33 bits per heavy atom. The molecule has 0 bridgehead atoms. The summed E-state index contributed by atoms with van der Waals surface area (Å²) in [4.78, 5) is 0. The second-order valence-corrected chi connectivity index (χ2v) is 5.34. The van der Waals surface area contributed by atoms with Crippen LogP contribution in [0.15, 0.2) is 9.90 Å². The summed E-state index contributed by atoms with van der Waals surface area (Å²) in [5.74, 6) is 0. The fraction of sp³-hybridized carbons (Fsp3) is 0.667. The van der Waals surface area contributed by atoms with Crippen LogP contribution in [-0.2, 0) is 0 Å². The van der Waals surface area contributed by atoms with Crippen molar-refractivity contribution in [1.29, 1.82) is 0 Å². The standard InChI is InChI=1S/C6H10Cl2S/c1-6(2,3)9-4-5(7)8/h4H,1-3H3. The molecule has 54 valence electrons. The van der Waals surface area contributed by atoms with Crippen molar-refractivity contribution in [2.24, 2.45) is 0 Å². The largest absolute Gasteiger partial charge is 0.126 e. The fourth-order valence-electron chi connectivity index (χ4n) is 0.221. The van der Waals surface area contributed by atoms with E-state index in [2.05, 4.69) is 20.8 Å². The maximum atomic E-state index is 5.39. The van der Waals surface area contributed by atoms with E-state index in [1.54, 1.807) is 17.2 Å². The molecule has 0 aromatic rings. The van der Waals surface area contributed by atoms with Gasteiger partial charge in [0.1, 0.15) is 4.49 Å². The minimum atomic E-state index is 0.203. The molecule has 0 aliphatic carbocycles. The molecule has 0 atom stereocenters. The van der Waals surface area contributed by atoms with Crippen LogP contribution in [0.2, 0.25) is 0 Å². The first-order chi connectivity index (χ1) is 3.92. The van der Waals surface area contributed by atoms with Gasteiger partial charge in [-0.3, -0.25) is 0 Å². The summed E-state index contributed by atoms with van der Waals surface area (Å²) in [6.45, 7) is 6.31. The molecule has 0 heterocycles. The van der Waals surface area contributed by atoms with Crippen molar-refractivity contribution in [3.05, 3.63) is 9.90 Å². The van der Waals surface area contributed by atoms with Gasteiger partial charge in [0.15, 0.2) is 0 Å². The quantitative estimate of drug-likeness (QED) is 0.598. The Labute approximate surface area is 70.6 Å². The van der Waals surface area contributed by atoms with Crippen molar-refractivity contribution in [3.63, 3.8) is 0 Å². The third-order valence-electron chi connectivity index (χ3n) is 0.502. The van der Waals surface area contributed by atoms with E-state index < -0.39 is 0 Å². The summed E-state index contributed by atoms with van der Waals surface area (Å²) >= 11 is 12.4. The number of hydrogen-bond donors (Lipinski definition) is 0. The summed E-state index contributed by atoms with van der Waals surface area (Å²) in [5, 5.41) is 1.74. The minimum absolute atomic E-state index is 0.203. The SMILES string of the molecule is CC(C)(C)SC=C(Cl)Cl. The molecule has 0 aliphatic heterocycles. The van der Waals surface area contributed by atoms with Crippen LogP contribution in [0, 0.1) is 0 Å². The lowest BCUT2D eigenvalue weighted by atomic mass is 10.3. The maximum Gasteiger partial charge on any atom is 0.113 e. The normalized spacial score (nSPS) is 11.2. The van der Waals surface area contributed by atoms with E-state index in [0.717, 1.165) is 0 Å². The van der Waals surface area contributed by atoms with Crippen molar-refractivity contribution < 1.29 is 0 Å². The Bertz CT molecular complexity index is 109. The van der Waals surface area contributed by atoms with Crippen molar-refractivity contribution >= 4 is 35.0 Å². The third-order valence-corrected chi connectivity index (χ3v) is 2.04. The van der Waals surface area contributed by atoms with Gasteiger partial charge in [0.2, 0.25) is 0 Å². The highest BCUT2D eigenvalue weighted by Gasteiger charge is 2.07. The molecule has 0 aromatic carbocycles. The van der Waals surface area contributed by atoms with Crippen LogP contribution in [0.1, 0.15) is 20.8 Å². The van der Waals surface area contributed by atoms with Crippen LogP contribution in [-0.4, -0.2) is 4.75 Å². The molecule has 0 nitrogen and oxygen atoms in total. The topological polar surface area (TPSA) is 0 Å². The van der Waals surface area contributed by atoms with E-state index in [-0.39, 0.29) is 4.75 Å². The molecule has 0 aliphatic rings. The lowest BCUT2D eigenvalue weighted by molar-refractivity contribution is 0.807. The summed E-state index contributed by atoms with van der Waals surface area (Å²) in [6.07, 6.45) is 0. The van der Waals surface area contributed by atoms with Crippen molar-refractivity contribution in [3.8, 4) is 0 Å². The van der Waals surface area contributed by atoms with Gasteiger partial charge in [-0.2, -0.15) is 0 Å². The highest BCUT2D eigenvalue weighted by atomic mass is 35.5. The first-order valence-electron chi connectivity index (χ1n) is 2.61. The van der Waals surface area contributed by atoms with Crippen molar-refractivity contribution in [2.45, 2.75) is 25.5 Å². The number of hydrogen-bond acceptors (Lipinski definition) is 1. The Kier molecular flexibility index (Phi) is 4.02. The molecule has 0 saturated carbocycles. The number of rotatable bonds is 1. The summed E-state index contributed by atoms with van der Waals surface area (Å²) in [7, 11) is 0. The van der Waals surface area contributed by atoms with Gasteiger partial charge in [-0.15, -0.1) is 11.8 Å². The Morgan fingerprint density at radius 3 is 1.89 bits per heavy atom. The predicted molar refractivity (Wildman–Crippen MR) is 47.1 cm³/mol. The lowest BCUT2D eigenvalue weighted by Gasteiger charge is -2.13. The molecule has 0 saturated heterocycles. The van der Waals surface area contributed by atoms with E-state index in [1.807, 2.05) is 0 Å². The molecule has 0 unspecified atom stereocenters. The van der Waals surface area contributed by atoms with Gasteiger partial charge >= 0.3 is 0 Å². The molecule has 0 radical (unpaired) electrons. The number of halogens is 2. The van der Waals surface area contributed by atoms with Gasteiger partial charge in [-0.1, -0.05) is 44.0 Å². The first kappa shape index (κ1) is 9.67. The minimum Gasteiger partial charge on any atom is -0.126 e. The lowest BCUT2D eigenvalue weighted by Crippen LogP contribution is -2.04. The Balaban J connectivity index is 3.64. The molecule has 3 heteroatoms. The fourth-order valence-corrected chi connectivity index (χ4v) is 0.931. The van der Waals surface area contributed by atoms with Crippen LogP contribution in [0.25, 0.3) is 0 Å². The second-order valence-electron chi connectivity index (χ2n) is 2.64. The zero-order chi connectivity index (χ0) is 7.49. The molecular formula is C6H10Cl2S. The highest BCUT2D eigenvalue weighted by Crippen LogP contribution is 2.27. The summed E-state index contributed by atoms with van der Waals surface area (Å²) < 4.78 is 0.532. The molecular weight excluding hydrogens is 175 g/mol. The van der Waals surface area contributed by atoms with Gasteiger partial charge < -0.3 is 0 Å². The van der Waals surface area contributed by atoms with Gasteiger partial charge in [-0.05, 0) is 0 Å². The van der Waals surface area contributed by atoms with E-state index in [0.29, 0.717) is 4.49 Å². The van der Waals surface area contributed by atoms with E-state index in [4.69, 9.17) is 23.2 Å². The molecule has 0 aromatic heterocycles. The number of thioether (sulfide) groups is 1. The van der Waals surface area contributed by atoms with Crippen LogP contribution in [0.4, 0.5) is 0 Å². The monoisotopic (exact) mass is 184 g/mol. The average Bonchev–Trinajstić information content (AvgIpc) is 1.59. The Hall–Kier alpha value is 0.670. The van der Waals surface area contributed by atoms with Gasteiger partial charge in [0.25, 0.3) is 0 Å². The molecule has 0 spiro atoms. The van der Waals surface area contributed by atoms with Crippen LogP contribution < -0.4 is 0 Å². The van der Waals surface area contributed by atoms with Crippen LogP contribution in [0.3, 0.4) is 0 Å². The molecule has 9 heavy (non-hydrogen) atoms. The molecule has 0 fully saturated rings. The van der Waals surface area contributed by atoms with Gasteiger partial charge in [0.05, 0.1) is 0 Å². The average molecular weight is 185 g/mol.